The van der Waals surface area contributed by atoms with Gasteiger partial charge >= 0.3 is 6.09 Å². The molecule has 0 radical (unpaired) electrons. The minimum atomic E-state index is -0.755. The zero-order valence-electron chi connectivity index (χ0n) is 18.9. The number of amides is 3. The summed E-state index contributed by atoms with van der Waals surface area (Å²) in [6.45, 7) is 5.32. The van der Waals surface area contributed by atoms with Crippen LogP contribution in [0.5, 0.6) is 0 Å². The zero-order valence-corrected chi connectivity index (χ0v) is 19.6. The Bertz CT molecular complexity index is 1130. The lowest BCUT2D eigenvalue weighted by atomic mass is 9.83. The van der Waals surface area contributed by atoms with E-state index in [0.717, 1.165) is 32.1 Å². The molecule has 1 fully saturated rings. The minimum absolute atomic E-state index is 0.000197. The zero-order chi connectivity index (χ0) is 23.8. The average molecular weight is 474 g/mol. The highest BCUT2D eigenvalue weighted by Crippen LogP contribution is 2.33. The lowest BCUT2D eigenvalue weighted by Gasteiger charge is -2.31. The molecule has 2 aliphatic rings. The molecule has 1 aliphatic heterocycles. The smallest absolute Gasteiger partial charge is 0.408 e. The van der Waals surface area contributed by atoms with E-state index in [9.17, 15) is 14.4 Å². The third-order valence-corrected chi connectivity index (χ3v) is 6.13. The second kappa shape index (κ2) is 9.05. The monoisotopic (exact) mass is 473 g/mol. The van der Waals surface area contributed by atoms with Gasteiger partial charge in [-0.25, -0.2) is 10.2 Å². The van der Waals surface area contributed by atoms with Gasteiger partial charge in [-0.1, -0.05) is 30.9 Å². The van der Waals surface area contributed by atoms with Gasteiger partial charge in [0, 0.05) is 16.6 Å². The standard InChI is InChI=1S/C23H28ClN5O4/c1-23(2,3)33-22(32)28-18(12-7-5-4-6-8-12)21(31)26-13-9-14-17-15(11-25-29-20(14)30)19(24)27-16(17)10-13/h9-12,18,27H,4-8H2,1-3H3,(H,26,31)(H,28,32)(H,29,30)/t18-/m1/s1. The largest absolute Gasteiger partial charge is 0.444 e. The first-order valence-corrected chi connectivity index (χ1v) is 11.5. The van der Waals surface area contributed by atoms with Gasteiger partial charge in [-0.05, 0) is 51.7 Å². The van der Waals surface area contributed by atoms with Crippen molar-refractivity contribution in [1.29, 1.82) is 0 Å². The van der Waals surface area contributed by atoms with Gasteiger partial charge in [0.2, 0.25) is 5.91 Å². The van der Waals surface area contributed by atoms with Gasteiger partial charge in [0.1, 0.15) is 16.8 Å². The highest BCUT2D eigenvalue weighted by molar-refractivity contribution is 6.35. The van der Waals surface area contributed by atoms with Crippen molar-refractivity contribution in [3.05, 3.63) is 28.4 Å². The fourth-order valence-electron chi connectivity index (χ4n) is 4.43. The number of hydrogen-bond donors (Lipinski definition) is 4. The van der Waals surface area contributed by atoms with E-state index in [1.54, 1.807) is 32.9 Å². The Labute approximate surface area is 196 Å². The van der Waals surface area contributed by atoms with Gasteiger partial charge in [-0.2, -0.15) is 5.10 Å². The van der Waals surface area contributed by atoms with Crippen molar-refractivity contribution in [3.8, 4) is 0 Å². The van der Waals surface area contributed by atoms with Crippen LogP contribution in [0, 0.1) is 5.92 Å². The summed E-state index contributed by atoms with van der Waals surface area (Å²) in [7, 11) is 0. The molecule has 4 N–H and O–H groups in total. The quantitative estimate of drug-likeness (QED) is 0.528. The number of nitrogens with one attached hydrogen (secondary N) is 4. The summed E-state index contributed by atoms with van der Waals surface area (Å²) in [5.41, 5.74) is 3.72. The van der Waals surface area contributed by atoms with Crippen molar-refractivity contribution in [2.45, 2.75) is 64.5 Å². The van der Waals surface area contributed by atoms with Crippen molar-refractivity contribution in [2.24, 2.45) is 11.0 Å². The molecular formula is C23H28ClN5O4. The van der Waals surface area contributed by atoms with Crippen molar-refractivity contribution < 1.29 is 19.1 Å². The van der Waals surface area contributed by atoms with Crippen LogP contribution in [0.25, 0.3) is 10.9 Å². The Morgan fingerprint density at radius 1 is 1.21 bits per heavy atom. The molecule has 0 bridgehead atoms. The van der Waals surface area contributed by atoms with E-state index in [2.05, 4.69) is 26.1 Å². The number of hydrazone groups is 1. The van der Waals surface area contributed by atoms with E-state index in [1.807, 2.05) is 0 Å². The molecule has 3 amide bonds. The van der Waals surface area contributed by atoms with Gasteiger partial charge in [0.15, 0.2) is 0 Å². The van der Waals surface area contributed by atoms with Gasteiger partial charge in [-0.3, -0.25) is 9.59 Å². The summed E-state index contributed by atoms with van der Waals surface area (Å²) in [6.07, 6.45) is 5.66. The second-order valence-corrected chi connectivity index (χ2v) is 9.89. The third-order valence-electron chi connectivity index (χ3n) is 5.84. The number of anilines is 1. The first kappa shape index (κ1) is 23.1. The Morgan fingerprint density at radius 3 is 2.64 bits per heavy atom. The summed E-state index contributed by atoms with van der Waals surface area (Å²) in [6, 6.07) is 2.54. The molecule has 4 rings (SSSR count). The Kier molecular flexibility index (Phi) is 6.34. The molecular weight excluding hydrogens is 446 g/mol. The van der Waals surface area contributed by atoms with E-state index in [1.165, 1.54) is 6.21 Å². The normalized spacial score (nSPS) is 17.3. The van der Waals surface area contributed by atoms with Crippen LogP contribution in [-0.2, 0) is 9.53 Å². The summed E-state index contributed by atoms with van der Waals surface area (Å²) in [5, 5.41) is 10.5. The van der Waals surface area contributed by atoms with Gasteiger partial charge < -0.3 is 20.4 Å². The van der Waals surface area contributed by atoms with Gasteiger partial charge in [0.05, 0.1) is 17.3 Å². The van der Waals surface area contributed by atoms with Crippen LogP contribution in [0.15, 0.2) is 17.2 Å². The Hall–Kier alpha value is -3.07. The summed E-state index contributed by atoms with van der Waals surface area (Å²) < 4.78 is 5.39. The topological polar surface area (TPSA) is 125 Å². The molecule has 0 unspecified atom stereocenters. The SMILES string of the molecule is CC(C)(C)OC(=O)N[C@@H](C(=O)Nc1cc2c3c(c(Cl)[nH]c3c1)C=NNC2=O)C1CCCCC1. The Morgan fingerprint density at radius 2 is 1.94 bits per heavy atom. The lowest BCUT2D eigenvalue weighted by Crippen LogP contribution is -2.50. The van der Waals surface area contributed by atoms with Gasteiger partial charge in [-0.15, -0.1) is 0 Å². The van der Waals surface area contributed by atoms with E-state index in [0.29, 0.717) is 32.9 Å². The van der Waals surface area contributed by atoms with Crippen LogP contribution in [0.2, 0.25) is 5.15 Å². The summed E-state index contributed by atoms with van der Waals surface area (Å²) in [4.78, 5) is 41.4. The number of nitrogens with zero attached hydrogens (tertiary/aromatic N) is 1. The molecule has 2 aromatic rings. The molecule has 1 aliphatic carbocycles. The highest BCUT2D eigenvalue weighted by atomic mass is 35.5. The molecule has 0 spiro atoms. The molecule has 9 nitrogen and oxygen atoms in total. The Balaban J connectivity index is 1.61. The number of ether oxygens (including phenoxy) is 1. The first-order chi connectivity index (χ1) is 15.6. The predicted molar refractivity (Wildman–Crippen MR) is 127 cm³/mol. The van der Waals surface area contributed by atoms with E-state index < -0.39 is 23.6 Å². The molecule has 1 aromatic carbocycles. The van der Waals surface area contributed by atoms with E-state index >= 15 is 0 Å². The number of carbonyl (C=O) groups excluding carboxylic acids is 3. The minimum Gasteiger partial charge on any atom is -0.444 e. The lowest BCUT2D eigenvalue weighted by molar-refractivity contribution is -0.119. The number of aromatic amines is 1. The molecule has 0 saturated heterocycles. The number of benzene rings is 1. The second-order valence-electron chi connectivity index (χ2n) is 9.51. The van der Waals surface area contributed by atoms with Crippen LogP contribution in [0.3, 0.4) is 0 Å². The molecule has 2 heterocycles. The number of rotatable bonds is 4. The number of alkyl carbamates (subject to hydrolysis) is 1. The third kappa shape index (κ3) is 5.13. The fourth-order valence-corrected chi connectivity index (χ4v) is 4.68. The van der Waals surface area contributed by atoms with Crippen LogP contribution in [0.4, 0.5) is 10.5 Å². The fraction of sp³-hybridized carbons (Fsp3) is 0.478. The summed E-state index contributed by atoms with van der Waals surface area (Å²) >= 11 is 6.28. The van der Waals surface area contributed by atoms with Gasteiger partial charge in [0.25, 0.3) is 5.91 Å². The summed E-state index contributed by atoms with van der Waals surface area (Å²) in [5.74, 6) is -0.764. The van der Waals surface area contributed by atoms with Crippen molar-refractivity contribution in [1.82, 2.24) is 15.7 Å². The van der Waals surface area contributed by atoms with Crippen molar-refractivity contribution >= 4 is 52.3 Å². The molecule has 10 heteroatoms. The van der Waals surface area contributed by atoms with E-state index in [-0.39, 0.29) is 11.8 Å². The number of halogens is 1. The number of carbonyl (C=O) groups is 3. The van der Waals surface area contributed by atoms with Crippen LogP contribution >= 0.6 is 11.6 Å². The average Bonchev–Trinajstić information content (AvgIpc) is 2.94. The van der Waals surface area contributed by atoms with Crippen LogP contribution in [0.1, 0.15) is 68.8 Å². The molecule has 1 atom stereocenters. The molecule has 176 valence electrons. The first-order valence-electron chi connectivity index (χ1n) is 11.1. The number of H-pyrrole nitrogens is 1. The number of aromatic nitrogens is 1. The van der Waals surface area contributed by atoms with Crippen LogP contribution in [-0.4, -0.2) is 40.7 Å². The van der Waals surface area contributed by atoms with Crippen molar-refractivity contribution in [2.75, 3.05) is 5.32 Å². The predicted octanol–water partition coefficient (Wildman–Crippen LogP) is 4.31. The molecule has 1 saturated carbocycles. The van der Waals surface area contributed by atoms with Crippen molar-refractivity contribution in [3.63, 3.8) is 0 Å². The molecule has 1 aromatic heterocycles. The maximum Gasteiger partial charge on any atom is 0.408 e. The highest BCUT2D eigenvalue weighted by Gasteiger charge is 2.33. The van der Waals surface area contributed by atoms with E-state index in [4.69, 9.17) is 16.3 Å². The maximum atomic E-state index is 13.3. The maximum absolute atomic E-state index is 13.3. The molecule has 33 heavy (non-hydrogen) atoms. The number of hydrogen-bond acceptors (Lipinski definition) is 5. The van der Waals surface area contributed by atoms with Crippen LogP contribution < -0.4 is 16.1 Å².